The molecule has 0 saturated heterocycles. The van der Waals surface area contributed by atoms with Crippen molar-refractivity contribution in [2.24, 2.45) is 0 Å². The molecular weight excluding hydrogens is 260 g/mol. The van der Waals surface area contributed by atoms with Crippen molar-refractivity contribution in [1.82, 2.24) is 0 Å². The normalized spacial score (nSPS) is 10.3. The lowest BCUT2D eigenvalue weighted by atomic mass is 10.2. The molecule has 0 fully saturated rings. The van der Waals surface area contributed by atoms with Crippen molar-refractivity contribution >= 4 is 5.69 Å². The molecule has 0 aliphatic heterocycles. The second-order valence-electron chi connectivity index (χ2n) is 4.41. The first-order valence-corrected chi connectivity index (χ1v) is 6.61. The van der Waals surface area contributed by atoms with Crippen molar-refractivity contribution in [3.8, 4) is 5.75 Å². The molecule has 0 bridgehead atoms. The standard InChI is InChI=1S/C16H17F2NO/c1-2-10-20-15-9-4-3-8-14(15)19-11-12-6-5-7-13(17)16(12)18/h3-9,19H,2,10-11H2,1H3. The Balaban J connectivity index is 2.09. The average Bonchev–Trinajstić information content (AvgIpc) is 2.47. The van der Waals surface area contributed by atoms with E-state index in [4.69, 9.17) is 4.74 Å². The van der Waals surface area contributed by atoms with E-state index < -0.39 is 11.6 Å². The predicted octanol–water partition coefficient (Wildman–Crippen LogP) is 4.37. The van der Waals surface area contributed by atoms with Gasteiger partial charge in [-0.1, -0.05) is 31.2 Å². The third kappa shape index (κ3) is 3.47. The van der Waals surface area contributed by atoms with Crippen LogP contribution < -0.4 is 10.1 Å². The summed E-state index contributed by atoms with van der Waals surface area (Å²) in [6, 6.07) is 11.6. The van der Waals surface area contributed by atoms with Crippen molar-refractivity contribution in [1.29, 1.82) is 0 Å². The molecule has 0 saturated carbocycles. The minimum atomic E-state index is -0.834. The van der Waals surface area contributed by atoms with Crippen molar-refractivity contribution < 1.29 is 13.5 Å². The first-order chi connectivity index (χ1) is 9.72. The maximum atomic E-state index is 13.6. The van der Waals surface area contributed by atoms with Gasteiger partial charge < -0.3 is 10.1 Å². The Morgan fingerprint density at radius 1 is 1.05 bits per heavy atom. The Kier molecular flexibility index (Phi) is 4.93. The monoisotopic (exact) mass is 277 g/mol. The molecule has 0 spiro atoms. The SMILES string of the molecule is CCCOc1ccccc1NCc1cccc(F)c1F. The lowest BCUT2D eigenvalue weighted by Gasteiger charge is -2.13. The molecule has 2 aromatic rings. The highest BCUT2D eigenvalue weighted by molar-refractivity contribution is 5.56. The fourth-order valence-electron chi connectivity index (χ4n) is 1.83. The molecule has 0 heterocycles. The quantitative estimate of drug-likeness (QED) is 0.846. The van der Waals surface area contributed by atoms with Gasteiger partial charge in [0.25, 0.3) is 0 Å². The zero-order chi connectivity index (χ0) is 14.4. The molecule has 1 N–H and O–H groups in total. The molecule has 20 heavy (non-hydrogen) atoms. The Hall–Kier alpha value is -2.10. The van der Waals surface area contributed by atoms with Crippen molar-refractivity contribution in [2.45, 2.75) is 19.9 Å². The molecule has 0 amide bonds. The lowest BCUT2D eigenvalue weighted by Crippen LogP contribution is -2.05. The van der Waals surface area contributed by atoms with E-state index in [9.17, 15) is 8.78 Å². The first kappa shape index (κ1) is 14.3. The Labute approximate surface area is 117 Å². The summed E-state index contributed by atoms with van der Waals surface area (Å²) < 4.78 is 32.3. The fourth-order valence-corrected chi connectivity index (χ4v) is 1.83. The van der Waals surface area contributed by atoms with E-state index in [2.05, 4.69) is 5.32 Å². The summed E-state index contributed by atoms with van der Waals surface area (Å²) in [5.74, 6) is -0.932. The highest BCUT2D eigenvalue weighted by atomic mass is 19.2. The third-order valence-corrected chi connectivity index (χ3v) is 2.85. The van der Waals surface area contributed by atoms with Crippen LogP contribution in [0.2, 0.25) is 0 Å². The van der Waals surface area contributed by atoms with Crippen LogP contribution in [0.15, 0.2) is 42.5 Å². The lowest BCUT2D eigenvalue weighted by molar-refractivity contribution is 0.319. The molecule has 2 aromatic carbocycles. The first-order valence-electron chi connectivity index (χ1n) is 6.61. The number of halogens is 2. The molecule has 0 aliphatic rings. The van der Waals surface area contributed by atoms with Gasteiger partial charge >= 0.3 is 0 Å². The van der Waals surface area contributed by atoms with Gasteiger partial charge in [-0.3, -0.25) is 0 Å². The van der Waals surface area contributed by atoms with E-state index in [-0.39, 0.29) is 12.1 Å². The molecule has 2 rings (SSSR count). The van der Waals surface area contributed by atoms with Crippen LogP contribution >= 0.6 is 0 Å². The number of rotatable bonds is 6. The fraction of sp³-hybridized carbons (Fsp3) is 0.250. The van der Waals surface area contributed by atoms with E-state index in [1.165, 1.54) is 6.07 Å². The minimum Gasteiger partial charge on any atom is -0.491 e. The zero-order valence-corrected chi connectivity index (χ0v) is 11.3. The molecule has 2 nitrogen and oxygen atoms in total. The maximum absolute atomic E-state index is 13.6. The van der Waals surface area contributed by atoms with Crippen LogP contribution in [-0.2, 0) is 6.54 Å². The van der Waals surface area contributed by atoms with Crippen LogP contribution in [-0.4, -0.2) is 6.61 Å². The summed E-state index contributed by atoms with van der Waals surface area (Å²) >= 11 is 0. The molecule has 0 radical (unpaired) electrons. The number of nitrogens with one attached hydrogen (secondary N) is 1. The molecule has 0 unspecified atom stereocenters. The minimum absolute atomic E-state index is 0.204. The van der Waals surface area contributed by atoms with E-state index in [0.717, 1.165) is 18.2 Å². The topological polar surface area (TPSA) is 21.3 Å². The van der Waals surface area contributed by atoms with Crippen LogP contribution in [0.5, 0.6) is 5.75 Å². The average molecular weight is 277 g/mol. The predicted molar refractivity (Wildman–Crippen MR) is 75.9 cm³/mol. The summed E-state index contributed by atoms with van der Waals surface area (Å²) in [5, 5.41) is 3.07. The van der Waals surface area contributed by atoms with E-state index in [0.29, 0.717) is 12.4 Å². The number of benzene rings is 2. The number of hydrogen-bond donors (Lipinski definition) is 1. The van der Waals surface area contributed by atoms with E-state index >= 15 is 0 Å². The van der Waals surface area contributed by atoms with Gasteiger partial charge in [0.05, 0.1) is 12.3 Å². The maximum Gasteiger partial charge on any atom is 0.163 e. The van der Waals surface area contributed by atoms with Crippen molar-refractivity contribution in [3.63, 3.8) is 0 Å². The Morgan fingerprint density at radius 3 is 2.65 bits per heavy atom. The molecule has 0 aliphatic carbocycles. The summed E-state index contributed by atoms with van der Waals surface area (Å²) in [7, 11) is 0. The number of anilines is 1. The summed E-state index contributed by atoms with van der Waals surface area (Å²) in [4.78, 5) is 0. The van der Waals surface area contributed by atoms with Crippen LogP contribution in [0.25, 0.3) is 0 Å². The summed E-state index contributed by atoms with van der Waals surface area (Å²) in [6.45, 7) is 2.85. The van der Waals surface area contributed by atoms with Gasteiger partial charge in [-0.25, -0.2) is 8.78 Å². The van der Waals surface area contributed by atoms with Crippen LogP contribution in [0, 0.1) is 11.6 Å². The third-order valence-electron chi connectivity index (χ3n) is 2.85. The second kappa shape index (κ2) is 6.89. The molecule has 4 heteroatoms. The van der Waals surface area contributed by atoms with Gasteiger partial charge in [-0.2, -0.15) is 0 Å². The van der Waals surface area contributed by atoms with Gasteiger partial charge in [0.15, 0.2) is 11.6 Å². The van der Waals surface area contributed by atoms with Gasteiger partial charge in [0.2, 0.25) is 0 Å². The van der Waals surface area contributed by atoms with Crippen LogP contribution in [0.1, 0.15) is 18.9 Å². The van der Waals surface area contributed by atoms with E-state index in [1.54, 1.807) is 6.07 Å². The number of hydrogen-bond acceptors (Lipinski definition) is 2. The smallest absolute Gasteiger partial charge is 0.163 e. The van der Waals surface area contributed by atoms with Gasteiger partial charge in [0.1, 0.15) is 5.75 Å². The number of para-hydroxylation sites is 2. The number of ether oxygens (including phenoxy) is 1. The largest absolute Gasteiger partial charge is 0.491 e. The highest BCUT2D eigenvalue weighted by Crippen LogP contribution is 2.25. The zero-order valence-electron chi connectivity index (χ0n) is 11.3. The van der Waals surface area contributed by atoms with Gasteiger partial charge in [0, 0.05) is 12.1 Å². The molecule has 0 aromatic heterocycles. The molecular formula is C16H17F2NO. The van der Waals surface area contributed by atoms with Crippen LogP contribution in [0.3, 0.4) is 0 Å². The highest BCUT2D eigenvalue weighted by Gasteiger charge is 2.08. The van der Waals surface area contributed by atoms with Crippen molar-refractivity contribution in [3.05, 3.63) is 59.7 Å². The second-order valence-corrected chi connectivity index (χ2v) is 4.41. The molecule has 0 atom stereocenters. The summed E-state index contributed by atoms with van der Waals surface area (Å²) in [6.07, 6.45) is 0.910. The Morgan fingerprint density at radius 2 is 1.85 bits per heavy atom. The van der Waals surface area contributed by atoms with Crippen LogP contribution in [0.4, 0.5) is 14.5 Å². The molecule has 106 valence electrons. The Bertz CT molecular complexity index is 572. The van der Waals surface area contributed by atoms with Gasteiger partial charge in [-0.15, -0.1) is 0 Å². The van der Waals surface area contributed by atoms with E-state index in [1.807, 2.05) is 31.2 Å². The van der Waals surface area contributed by atoms with Gasteiger partial charge in [-0.05, 0) is 24.6 Å². The van der Waals surface area contributed by atoms with Crippen molar-refractivity contribution in [2.75, 3.05) is 11.9 Å². The summed E-state index contributed by atoms with van der Waals surface area (Å²) in [5.41, 5.74) is 1.06.